The predicted molar refractivity (Wildman–Crippen MR) is 125 cm³/mol. The van der Waals surface area contributed by atoms with Crippen LogP contribution in [-0.4, -0.2) is 22.2 Å². The third-order valence-corrected chi connectivity index (χ3v) is 6.98. The molecule has 0 spiro atoms. The van der Waals surface area contributed by atoms with Gasteiger partial charge in [0.05, 0.1) is 13.0 Å². The first-order valence-electron chi connectivity index (χ1n) is 11.3. The molecule has 0 amide bonds. The highest BCUT2D eigenvalue weighted by molar-refractivity contribution is 5.74. The van der Waals surface area contributed by atoms with E-state index in [1.165, 1.54) is 11.1 Å². The van der Waals surface area contributed by atoms with Gasteiger partial charge in [-0.3, -0.25) is 9.59 Å². The Hall–Kier alpha value is -3.54. The van der Waals surface area contributed by atoms with Crippen LogP contribution in [0.25, 0.3) is 11.1 Å². The molecule has 5 rings (SSSR count). The number of fused-ring (bicyclic) bond motifs is 2. The fourth-order valence-electron chi connectivity index (χ4n) is 5.23. The molecule has 1 aromatic heterocycles. The number of pyridine rings is 1. The smallest absolute Gasteiger partial charge is 0.304 e. The van der Waals surface area contributed by atoms with Gasteiger partial charge in [0.25, 0.3) is 5.56 Å². The van der Waals surface area contributed by atoms with Crippen LogP contribution in [0, 0.1) is 13.8 Å². The van der Waals surface area contributed by atoms with E-state index in [0.717, 1.165) is 46.5 Å². The number of aliphatic carboxylic acids is 1. The molecule has 0 bridgehead atoms. The van der Waals surface area contributed by atoms with Gasteiger partial charge in [0.1, 0.15) is 17.6 Å². The number of aromatic nitrogens is 1. The quantitative estimate of drug-likeness (QED) is 0.617. The molecule has 3 aromatic rings. The van der Waals surface area contributed by atoms with Gasteiger partial charge in [0, 0.05) is 41.9 Å². The second-order valence-corrected chi connectivity index (χ2v) is 9.01. The minimum absolute atomic E-state index is 0.00644. The van der Waals surface area contributed by atoms with Crippen LogP contribution < -0.4 is 15.0 Å². The Morgan fingerprint density at radius 2 is 2.00 bits per heavy atom. The maximum atomic E-state index is 12.2. The van der Waals surface area contributed by atoms with Crippen molar-refractivity contribution in [2.75, 3.05) is 6.61 Å². The zero-order valence-corrected chi connectivity index (χ0v) is 19.1. The number of hydrogen-bond donors (Lipinski definition) is 1. The molecule has 2 heterocycles. The van der Waals surface area contributed by atoms with Crippen molar-refractivity contribution in [2.45, 2.75) is 45.1 Å². The number of nitrogens with zero attached hydrogens (tertiary/aromatic N) is 1. The molecule has 1 N–H and O–H groups in total. The van der Waals surface area contributed by atoms with Crippen molar-refractivity contribution in [3.63, 3.8) is 0 Å². The number of hydrogen-bond acceptors (Lipinski definition) is 4. The summed E-state index contributed by atoms with van der Waals surface area (Å²) >= 11 is 0. The van der Waals surface area contributed by atoms with Crippen LogP contribution in [0.3, 0.4) is 0 Å². The molecule has 2 aliphatic rings. The second-order valence-electron chi connectivity index (χ2n) is 9.01. The lowest BCUT2D eigenvalue weighted by Crippen LogP contribution is -2.19. The number of carboxylic acid groups (broad SMARTS) is 1. The zero-order valence-electron chi connectivity index (χ0n) is 19.1. The summed E-state index contributed by atoms with van der Waals surface area (Å²) in [5.74, 6) is 0.498. The standard InChI is InChI=1S/C27H27NO5/c1-15-11-25(29)28(3)16(2)27(15)22-6-4-5-21-20(22)9-10-23(21)33-18-7-8-19-17(12-26(30)31)14-32-24(19)13-18/h4-8,11,13,17,23H,9-10,12,14H2,1-3H3,(H,30,31). The lowest BCUT2D eigenvalue weighted by Gasteiger charge is -2.18. The molecule has 6 heteroatoms. The molecule has 2 aromatic carbocycles. The Morgan fingerprint density at radius 3 is 2.79 bits per heavy atom. The van der Waals surface area contributed by atoms with Crippen LogP contribution in [0.1, 0.15) is 52.8 Å². The van der Waals surface area contributed by atoms with Crippen molar-refractivity contribution >= 4 is 5.97 Å². The lowest BCUT2D eigenvalue weighted by atomic mass is 9.92. The van der Waals surface area contributed by atoms with E-state index in [4.69, 9.17) is 14.6 Å². The predicted octanol–water partition coefficient (Wildman–Crippen LogP) is 4.69. The minimum Gasteiger partial charge on any atom is -0.492 e. The van der Waals surface area contributed by atoms with Crippen molar-refractivity contribution < 1.29 is 19.4 Å². The summed E-state index contributed by atoms with van der Waals surface area (Å²) in [6, 6.07) is 13.7. The van der Waals surface area contributed by atoms with E-state index in [1.54, 1.807) is 10.6 Å². The normalized spacial score (nSPS) is 18.5. The van der Waals surface area contributed by atoms with E-state index in [2.05, 4.69) is 18.2 Å². The monoisotopic (exact) mass is 445 g/mol. The summed E-state index contributed by atoms with van der Waals surface area (Å²) in [7, 11) is 1.81. The number of benzene rings is 2. The highest BCUT2D eigenvalue weighted by atomic mass is 16.5. The Balaban J connectivity index is 1.44. The number of ether oxygens (including phenoxy) is 2. The molecule has 0 saturated carbocycles. The van der Waals surface area contributed by atoms with E-state index < -0.39 is 5.97 Å². The SMILES string of the molecule is Cc1cc(=O)n(C)c(C)c1-c1cccc2c1CCC2Oc1ccc2c(c1)OCC2CC(=O)O. The maximum Gasteiger partial charge on any atom is 0.304 e. The molecule has 0 radical (unpaired) electrons. The topological polar surface area (TPSA) is 77.8 Å². The van der Waals surface area contributed by atoms with Crippen LogP contribution in [0.4, 0.5) is 0 Å². The number of aryl methyl sites for hydroxylation is 1. The highest BCUT2D eigenvalue weighted by Crippen LogP contribution is 2.43. The molecule has 1 aliphatic heterocycles. The first-order valence-corrected chi connectivity index (χ1v) is 11.3. The van der Waals surface area contributed by atoms with Crippen molar-refractivity contribution in [2.24, 2.45) is 7.05 Å². The van der Waals surface area contributed by atoms with Gasteiger partial charge in [-0.2, -0.15) is 0 Å². The van der Waals surface area contributed by atoms with Crippen LogP contribution in [0.2, 0.25) is 0 Å². The molecule has 6 nitrogen and oxygen atoms in total. The van der Waals surface area contributed by atoms with E-state index >= 15 is 0 Å². The number of carbonyl (C=O) groups is 1. The molecule has 1 aliphatic carbocycles. The Bertz CT molecular complexity index is 1320. The maximum absolute atomic E-state index is 12.2. The third kappa shape index (κ3) is 3.69. The van der Waals surface area contributed by atoms with Gasteiger partial charge in [-0.1, -0.05) is 24.3 Å². The summed E-state index contributed by atoms with van der Waals surface area (Å²) in [5, 5.41) is 9.11. The van der Waals surface area contributed by atoms with E-state index in [9.17, 15) is 9.59 Å². The highest BCUT2D eigenvalue weighted by Gasteiger charge is 2.30. The zero-order chi connectivity index (χ0) is 23.3. The van der Waals surface area contributed by atoms with Gasteiger partial charge in [0.15, 0.2) is 0 Å². The van der Waals surface area contributed by atoms with Crippen LogP contribution in [0.5, 0.6) is 11.5 Å². The van der Waals surface area contributed by atoms with Crippen LogP contribution in [-0.2, 0) is 18.3 Å². The molecule has 2 atom stereocenters. The van der Waals surface area contributed by atoms with Crippen LogP contribution >= 0.6 is 0 Å². The van der Waals surface area contributed by atoms with Crippen LogP contribution in [0.15, 0.2) is 47.3 Å². The van der Waals surface area contributed by atoms with Crippen molar-refractivity contribution in [1.82, 2.24) is 4.57 Å². The summed E-state index contributed by atoms with van der Waals surface area (Å²) in [5.41, 5.74) is 7.61. The van der Waals surface area contributed by atoms with E-state index in [0.29, 0.717) is 12.4 Å². The van der Waals surface area contributed by atoms with Gasteiger partial charge in [-0.25, -0.2) is 0 Å². The number of carboxylic acids is 1. The summed E-state index contributed by atoms with van der Waals surface area (Å²) in [6.45, 7) is 4.38. The van der Waals surface area contributed by atoms with Gasteiger partial charge in [0.2, 0.25) is 0 Å². The average Bonchev–Trinajstić information content (AvgIpc) is 3.36. The van der Waals surface area contributed by atoms with Crippen molar-refractivity contribution in [3.05, 3.63) is 80.8 Å². The summed E-state index contributed by atoms with van der Waals surface area (Å²) in [4.78, 5) is 23.3. The number of rotatable bonds is 5. The van der Waals surface area contributed by atoms with Crippen molar-refractivity contribution in [3.8, 4) is 22.6 Å². The Kier molecular flexibility index (Phi) is 5.23. The molecule has 0 saturated heterocycles. The molecule has 33 heavy (non-hydrogen) atoms. The van der Waals surface area contributed by atoms with Gasteiger partial charge in [-0.15, -0.1) is 0 Å². The molecular formula is C27H27NO5. The molecular weight excluding hydrogens is 418 g/mol. The van der Waals surface area contributed by atoms with Gasteiger partial charge in [-0.05, 0) is 55.0 Å². The van der Waals surface area contributed by atoms with E-state index in [-0.39, 0.29) is 24.0 Å². The second kappa shape index (κ2) is 8.10. The summed E-state index contributed by atoms with van der Waals surface area (Å²) < 4.78 is 13.8. The molecule has 2 unspecified atom stereocenters. The van der Waals surface area contributed by atoms with Gasteiger partial charge < -0.3 is 19.1 Å². The molecule has 170 valence electrons. The third-order valence-electron chi connectivity index (χ3n) is 6.98. The largest absolute Gasteiger partial charge is 0.492 e. The Labute approximate surface area is 192 Å². The minimum atomic E-state index is -0.820. The Morgan fingerprint density at radius 1 is 1.18 bits per heavy atom. The average molecular weight is 446 g/mol. The first kappa shape index (κ1) is 21.3. The fourth-order valence-corrected chi connectivity index (χ4v) is 5.23. The van der Waals surface area contributed by atoms with Gasteiger partial charge >= 0.3 is 5.97 Å². The molecule has 0 fully saturated rings. The first-order chi connectivity index (χ1) is 15.8. The lowest BCUT2D eigenvalue weighted by molar-refractivity contribution is -0.137. The summed E-state index contributed by atoms with van der Waals surface area (Å²) in [6.07, 6.45) is 1.77. The van der Waals surface area contributed by atoms with E-state index in [1.807, 2.05) is 39.1 Å². The fraction of sp³-hybridized carbons (Fsp3) is 0.333. The van der Waals surface area contributed by atoms with Crippen molar-refractivity contribution in [1.29, 1.82) is 0 Å².